The molecule has 0 bridgehead atoms. The first-order valence-electron chi connectivity index (χ1n) is 6.13. The van der Waals surface area contributed by atoms with Crippen LogP contribution in [-0.4, -0.2) is 43.4 Å². The van der Waals surface area contributed by atoms with Gasteiger partial charge in [-0.25, -0.2) is 0 Å². The molecule has 94 valence electrons. The number of ether oxygens (including phenoxy) is 1. The van der Waals surface area contributed by atoms with E-state index in [1.54, 1.807) is 7.11 Å². The molecule has 0 aromatic rings. The highest BCUT2D eigenvalue weighted by Crippen LogP contribution is 2.33. The molecular formula is C12H24N2OS. The molecule has 16 heavy (non-hydrogen) atoms. The van der Waals surface area contributed by atoms with Crippen molar-refractivity contribution in [3.8, 4) is 0 Å². The Morgan fingerprint density at radius 3 is 2.56 bits per heavy atom. The highest BCUT2D eigenvalue weighted by Gasteiger charge is 2.28. The fourth-order valence-electron chi connectivity index (χ4n) is 1.98. The van der Waals surface area contributed by atoms with Gasteiger partial charge < -0.3 is 15.0 Å². The third kappa shape index (κ3) is 3.91. The zero-order chi connectivity index (χ0) is 12.0. The predicted molar refractivity (Wildman–Crippen MR) is 71.7 cm³/mol. The monoisotopic (exact) mass is 244 g/mol. The van der Waals surface area contributed by atoms with Gasteiger partial charge in [-0.3, -0.25) is 0 Å². The molecule has 1 N–H and O–H groups in total. The van der Waals surface area contributed by atoms with Gasteiger partial charge >= 0.3 is 0 Å². The second-order valence-corrected chi connectivity index (χ2v) is 5.26. The van der Waals surface area contributed by atoms with Crippen LogP contribution in [0.5, 0.6) is 0 Å². The first-order valence-corrected chi connectivity index (χ1v) is 6.54. The SMILES string of the molecule is CCC1(C)CCN(C(=S)NCCOC)CC1. The zero-order valence-electron chi connectivity index (χ0n) is 10.7. The Morgan fingerprint density at radius 2 is 2.06 bits per heavy atom. The maximum Gasteiger partial charge on any atom is 0.169 e. The van der Waals surface area contributed by atoms with Gasteiger partial charge in [0.2, 0.25) is 0 Å². The summed E-state index contributed by atoms with van der Waals surface area (Å²) < 4.78 is 4.99. The molecule has 3 nitrogen and oxygen atoms in total. The average molecular weight is 244 g/mol. The fourth-order valence-corrected chi connectivity index (χ4v) is 2.26. The van der Waals surface area contributed by atoms with Crippen molar-refractivity contribution in [1.29, 1.82) is 0 Å². The molecular weight excluding hydrogens is 220 g/mol. The van der Waals surface area contributed by atoms with Crippen molar-refractivity contribution in [1.82, 2.24) is 10.2 Å². The summed E-state index contributed by atoms with van der Waals surface area (Å²) in [7, 11) is 1.71. The summed E-state index contributed by atoms with van der Waals surface area (Å²) in [6.07, 6.45) is 3.76. The second-order valence-electron chi connectivity index (χ2n) is 4.88. The van der Waals surface area contributed by atoms with Crippen molar-refractivity contribution in [2.45, 2.75) is 33.1 Å². The lowest BCUT2D eigenvalue weighted by molar-refractivity contribution is 0.160. The lowest BCUT2D eigenvalue weighted by Crippen LogP contribution is -2.47. The Hall–Kier alpha value is -0.350. The van der Waals surface area contributed by atoms with Gasteiger partial charge in [0.05, 0.1) is 6.61 Å². The highest BCUT2D eigenvalue weighted by molar-refractivity contribution is 7.80. The van der Waals surface area contributed by atoms with Crippen molar-refractivity contribution >= 4 is 17.3 Å². The Balaban J connectivity index is 2.27. The minimum atomic E-state index is 0.526. The molecule has 0 saturated carbocycles. The fraction of sp³-hybridized carbons (Fsp3) is 0.917. The van der Waals surface area contributed by atoms with Crippen LogP contribution < -0.4 is 5.32 Å². The van der Waals surface area contributed by atoms with E-state index in [1.807, 2.05) is 0 Å². The zero-order valence-corrected chi connectivity index (χ0v) is 11.5. The Bertz CT molecular complexity index is 225. The Kier molecular flexibility index (Phi) is 5.49. The van der Waals surface area contributed by atoms with Gasteiger partial charge in [-0.15, -0.1) is 0 Å². The number of likely N-dealkylation sites (tertiary alicyclic amines) is 1. The van der Waals surface area contributed by atoms with Gasteiger partial charge in [-0.05, 0) is 30.5 Å². The average Bonchev–Trinajstić information content (AvgIpc) is 2.30. The summed E-state index contributed by atoms with van der Waals surface area (Å²) in [6.45, 7) is 8.35. The molecule has 4 heteroatoms. The first kappa shape index (κ1) is 13.7. The molecule has 1 saturated heterocycles. The second kappa shape index (κ2) is 6.40. The van der Waals surface area contributed by atoms with Gasteiger partial charge in [-0.1, -0.05) is 20.3 Å². The van der Waals surface area contributed by atoms with Crippen molar-refractivity contribution in [3.05, 3.63) is 0 Å². The summed E-state index contributed by atoms with van der Waals surface area (Å²) in [5.41, 5.74) is 0.526. The minimum Gasteiger partial charge on any atom is -0.383 e. The molecule has 0 aliphatic carbocycles. The number of rotatable bonds is 4. The molecule has 0 aromatic heterocycles. The van der Waals surface area contributed by atoms with Gasteiger partial charge in [0.25, 0.3) is 0 Å². The topological polar surface area (TPSA) is 24.5 Å². The van der Waals surface area contributed by atoms with E-state index >= 15 is 0 Å². The Labute approximate surface area is 105 Å². The van der Waals surface area contributed by atoms with E-state index in [1.165, 1.54) is 19.3 Å². The number of thiocarbonyl (C=S) groups is 1. The molecule has 1 aliphatic heterocycles. The molecule has 0 amide bonds. The highest BCUT2D eigenvalue weighted by atomic mass is 32.1. The molecule has 1 heterocycles. The van der Waals surface area contributed by atoms with Crippen LogP contribution in [0.25, 0.3) is 0 Å². The van der Waals surface area contributed by atoms with E-state index in [4.69, 9.17) is 17.0 Å². The molecule has 1 fully saturated rings. The van der Waals surface area contributed by atoms with Crippen LogP contribution >= 0.6 is 12.2 Å². The van der Waals surface area contributed by atoms with E-state index < -0.39 is 0 Å². The van der Waals surface area contributed by atoms with Crippen molar-refractivity contribution in [2.75, 3.05) is 33.4 Å². The number of piperidine rings is 1. The van der Waals surface area contributed by atoms with E-state index in [9.17, 15) is 0 Å². The standard InChI is InChI=1S/C12H24N2OS/c1-4-12(2)5-8-14(9-6-12)11(16)13-7-10-15-3/h4-10H2,1-3H3,(H,13,16). The largest absolute Gasteiger partial charge is 0.383 e. The molecule has 1 aliphatic rings. The summed E-state index contributed by atoms with van der Waals surface area (Å²) in [6, 6.07) is 0. The maximum absolute atomic E-state index is 5.36. The molecule has 0 atom stereocenters. The summed E-state index contributed by atoms with van der Waals surface area (Å²) >= 11 is 5.36. The third-order valence-corrected chi connectivity index (χ3v) is 4.10. The number of nitrogens with one attached hydrogen (secondary N) is 1. The molecule has 0 unspecified atom stereocenters. The molecule has 0 spiro atoms. The van der Waals surface area contributed by atoms with E-state index in [-0.39, 0.29) is 0 Å². The van der Waals surface area contributed by atoms with Crippen molar-refractivity contribution in [2.24, 2.45) is 5.41 Å². The normalized spacial score (nSPS) is 19.6. The lowest BCUT2D eigenvalue weighted by atomic mass is 9.78. The van der Waals surface area contributed by atoms with Crippen molar-refractivity contribution < 1.29 is 4.74 Å². The van der Waals surface area contributed by atoms with Gasteiger partial charge in [0.15, 0.2) is 5.11 Å². The van der Waals surface area contributed by atoms with Crippen LogP contribution in [0, 0.1) is 5.41 Å². The Morgan fingerprint density at radius 1 is 1.44 bits per heavy atom. The van der Waals surface area contributed by atoms with Crippen molar-refractivity contribution in [3.63, 3.8) is 0 Å². The van der Waals surface area contributed by atoms with Gasteiger partial charge in [0.1, 0.15) is 0 Å². The molecule has 0 radical (unpaired) electrons. The van der Waals surface area contributed by atoms with Crippen LogP contribution in [0.2, 0.25) is 0 Å². The lowest BCUT2D eigenvalue weighted by Gasteiger charge is -2.40. The minimum absolute atomic E-state index is 0.526. The summed E-state index contributed by atoms with van der Waals surface area (Å²) in [5.74, 6) is 0. The summed E-state index contributed by atoms with van der Waals surface area (Å²) in [4.78, 5) is 2.28. The number of nitrogens with zero attached hydrogens (tertiary/aromatic N) is 1. The summed E-state index contributed by atoms with van der Waals surface area (Å²) in [5, 5.41) is 4.12. The van der Waals surface area contributed by atoms with Gasteiger partial charge in [0, 0.05) is 26.7 Å². The van der Waals surface area contributed by atoms with E-state index in [0.717, 1.165) is 24.7 Å². The van der Waals surface area contributed by atoms with Crippen LogP contribution in [0.4, 0.5) is 0 Å². The van der Waals surface area contributed by atoms with Gasteiger partial charge in [-0.2, -0.15) is 0 Å². The third-order valence-electron chi connectivity index (χ3n) is 3.69. The maximum atomic E-state index is 5.36. The quantitative estimate of drug-likeness (QED) is 0.604. The van der Waals surface area contributed by atoms with Crippen LogP contribution in [0.1, 0.15) is 33.1 Å². The van der Waals surface area contributed by atoms with Crippen LogP contribution in [0.15, 0.2) is 0 Å². The number of hydrogen-bond acceptors (Lipinski definition) is 2. The predicted octanol–water partition coefficient (Wildman–Crippen LogP) is 2.02. The smallest absolute Gasteiger partial charge is 0.169 e. The van der Waals surface area contributed by atoms with Crippen LogP contribution in [-0.2, 0) is 4.74 Å². The van der Waals surface area contributed by atoms with Crippen LogP contribution in [0.3, 0.4) is 0 Å². The van der Waals surface area contributed by atoms with E-state index in [2.05, 4.69) is 24.1 Å². The number of methoxy groups -OCH3 is 1. The van der Waals surface area contributed by atoms with E-state index in [0.29, 0.717) is 12.0 Å². The molecule has 1 rings (SSSR count). The first-order chi connectivity index (χ1) is 7.61. The number of hydrogen-bond donors (Lipinski definition) is 1. The molecule has 0 aromatic carbocycles.